The van der Waals surface area contributed by atoms with E-state index in [2.05, 4.69) is 36.1 Å². The summed E-state index contributed by atoms with van der Waals surface area (Å²) in [6, 6.07) is 11.9. The van der Waals surface area contributed by atoms with Gasteiger partial charge in [-0.15, -0.1) is 12.4 Å². The maximum atomic E-state index is 13.0. The average molecular weight is 407 g/mol. The van der Waals surface area contributed by atoms with Gasteiger partial charge >= 0.3 is 0 Å². The molecular formula is C21H27ClN2O4. The number of amides is 1. The maximum Gasteiger partial charge on any atom is 0.254 e. The molecule has 1 amide bonds. The van der Waals surface area contributed by atoms with Crippen LogP contribution in [-0.2, 0) is 0 Å². The zero-order valence-corrected chi connectivity index (χ0v) is 17.5. The molecule has 0 unspecified atom stereocenters. The SMILES string of the molecule is COc1cc(C(=O)N2CCN(c3ccc(C)cc3)CC2)cc(OC)c1OC.Cl. The van der Waals surface area contributed by atoms with Crippen molar-refractivity contribution in [3.63, 3.8) is 0 Å². The Labute approximate surface area is 172 Å². The molecule has 0 aromatic heterocycles. The fourth-order valence-electron chi connectivity index (χ4n) is 3.31. The van der Waals surface area contributed by atoms with Gasteiger partial charge in [0, 0.05) is 37.4 Å². The monoisotopic (exact) mass is 406 g/mol. The van der Waals surface area contributed by atoms with E-state index >= 15 is 0 Å². The molecule has 1 aliphatic rings. The third-order valence-electron chi connectivity index (χ3n) is 4.88. The summed E-state index contributed by atoms with van der Waals surface area (Å²) in [5.41, 5.74) is 2.98. The van der Waals surface area contributed by atoms with Crippen molar-refractivity contribution >= 4 is 24.0 Å². The van der Waals surface area contributed by atoms with Gasteiger partial charge in [-0.3, -0.25) is 4.79 Å². The lowest BCUT2D eigenvalue weighted by Gasteiger charge is -2.36. The number of halogens is 1. The second-order valence-electron chi connectivity index (χ2n) is 6.53. The van der Waals surface area contributed by atoms with Gasteiger partial charge in [0.15, 0.2) is 11.5 Å². The molecule has 0 aliphatic carbocycles. The Balaban J connectivity index is 0.00000280. The molecule has 0 saturated carbocycles. The molecule has 28 heavy (non-hydrogen) atoms. The Morgan fingerprint density at radius 1 is 0.857 bits per heavy atom. The molecule has 7 heteroatoms. The van der Waals surface area contributed by atoms with Crippen LogP contribution in [-0.4, -0.2) is 58.3 Å². The van der Waals surface area contributed by atoms with Crippen LogP contribution in [0.15, 0.2) is 36.4 Å². The fraction of sp³-hybridized carbons (Fsp3) is 0.381. The van der Waals surface area contributed by atoms with Crippen LogP contribution in [0.25, 0.3) is 0 Å². The minimum Gasteiger partial charge on any atom is -0.493 e. The van der Waals surface area contributed by atoms with Gasteiger partial charge in [-0.2, -0.15) is 0 Å². The van der Waals surface area contributed by atoms with E-state index in [1.165, 1.54) is 11.3 Å². The van der Waals surface area contributed by atoms with Gasteiger partial charge in [0.1, 0.15) is 0 Å². The summed E-state index contributed by atoms with van der Waals surface area (Å²) in [6.45, 7) is 5.03. The van der Waals surface area contributed by atoms with Crippen molar-refractivity contribution in [2.75, 3.05) is 52.4 Å². The number of ether oxygens (including phenoxy) is 3. The van der Waals surface area contributed by atoms with E-state index in [9.17, 15) is 4.79 Å². The first-order valence-electron chi connectivity index (χ1n) is 8.98. The highest BCUT2D eigenvalue weighted by atomic mass is 35.5. The van der Waals surface area contributed by atoms with Crippen LogP contribution >= 0.6 is 12.4 Å². The molecule has 1 aliphatic heterocycles. The van der Waals surface area contributed by atoms with Gasteiger partial charge in [0.25, 0.3) is 5.91 Å². The molecular weight excluding hydrogens is 380 g/mol. The predicted molar refractivity (Wildman–Crippen MR) is 113 cm³/mol. The molecule has 152 valence electrons. The number of piperazine rings is 1. The Morgan fingerprint density at radius 2 is 1.39 bits per heavy atom. The number of carbonyl (C=O) groups excluding carboxylic acids is 1. The first-order chi connectivity index (χ1) is 13.1. The summed E-state index contributed by atoms with van der Waals surface area (Å²) in [4.78, 5) is 17.1. The van der Waals surface area contributed by atoms with E-state index in [1.807, 2.05) is 4.90 Å². The predicted octanol–water partition coefficient (Wildman–Crippen LogP) is 3.41. The highest BCUT2D eigenvalue weighted by molar-refractivity contribution is 5.95. The smallest absolute Gasteiger partial charge is 0.254 e. The largest absolute Gasteiger partial charge is 0.493 e. The number of hydrogen-bond acceptors (Lipinski definition) is 5. The molecule has 0 spiro atoms. The average Bonchev–Trinajstić information content (AvgIpc) is 2.72. The van der Waals surface area contributed by atoms with Gasteiger partial charge in [-0.25, -0.2) is 0 Å². The lowest BCUT2D eigenvalue weighted by molar-refractivity contribution is 0.0746. The third-order valence-corrected chi connectivity index (χ3v) is 4.88. The van der Waals surface area contributed by atoms with E-state index in [0.717, 1.165) is 13.1 Å². The minimum absolute atomic E-state index is 0. The second-order valence-corrected chi connectivity index (χ2v) is 6.53. The highest BCUT2D eigenvalue weighted by Crippen LogP contribution is 2.38. The molecule has 2 aromatic rings. The van der Waals surface area contributed by atoms with Gasteiger partial charge < -0.3 is 24.0 Å². The van der Waals surface area contributed by atoms with E-state index in [-0.39, 0.29) is 18.3 Å². The molecule has 0 bridgehead atoms. The van der Waals surface area contributed by atoms with E-state index in [1.54, 1.807) is 33.5 Å². The van der Waals surface area contributed by atoms with Gasteiger partial charge in [0.2, 0.25) is 5.75 Å². The van der Waals surface area contributed by atoms with Crippen molar-refractivity contribution < 1.29 is 19.0 Å². The number of aryl methyl sites for hydroxylation is 1. The van der Waals surface area contributed by atoms with E-state index in [0.29, 0.717) is 35.9 Å². The molecule has 3 rings (SSSR count). The summed E-state index contributed by atoms with van der Waals surface area (Å²) >= 11 is 0. The molecule has 1 fully saturated rings. The Morgan fingerprint density at radius 3 is 1.86 bits per heavy atom. The molecule has 0 radical (unpaired) electrons. The Bertz CT molecular complexity index is 778. The van der Waals surface area contributed by atoms with Crippen LogP contribution in [0.3, 0.4) is 0 Å². The maximum absolute atomic E-state index is 13.0. The number of benzene rings is 2. The first-order valence-corrected chi connectivity index (χ1v) is 8.98. The highest BCUT2D eigenvalue weighted by Gasteiger charge is 2.24. The molecule has 0 N–H and O–H groups in total. The number of carbonyl (C=O) groups is 1. The van der Waals surface area contributed by atoms with Crippen LogP contribution in [0.1, 0.15) is 15.9 Å². The molecule has 0 atom stereocenters. The fourth-order valence-corrected chi connectivity index (χ4v) is 3.31. The van der Waals surface area contributed by atoms with Crippen LogP contribution in [0.4, 0.5) is 5.69 Å². The second kappa shape index (κ2) is 9.55. The summed E-state index contributed by atoms with van der Waals surface area (Å²) in [6.07, 6.45) is 0. The van der Waals surface area contributed by atoms with Crippen molar-refractivity contribution in [2.24, 2.45) is 0 Å². The van der Waals surface area contributed by atoms with Crippen molar-refractivity contribution in [2.45, 2.75) is 6.92 Å². The van der Waals surface area contributed by atoms with Crippen molar-refractivity contribution in [1.29, 1.82) is 0 Å². The van der Waals surface area contributed by atoms with Crippen LogP contribution in [0.5, 0.6) is 17.2 Å². The molecule has 1 saturated heterocycles. The summed E-state index contributed by atoms with van der Waals surface area (Å²) in [7, 11) is 4.64. The number of hydrogen-bond donors (Lipinski definition) is 0. The standard InChI is InChI=1S/C21H26N2O4.ClH/c1-15-5-7-17(8-6-15)22-9-11-23(12-10-22)21(24)16-13-18(25-2)20(27-4)19(14-16)26-3;/h5-8,13-14H,9-12H2,1-4H3;1H. The topological polar surface area (TPSA) is 51.2 Å². The number of rotatable bonds is 5. The van der Waals surface area contributed by atoms with Crippen LogP contribution in [0.2, 0.25) is 0 Å². The van der Waals surface area contributed by atoms with E-state index < -0.39 is 0 Å². The van der Waals surface area contributed by atoms with Gasteiger partial charge in [-0.05, 0) is 31.2 Å². The third kappa shape index (κ3) is 4.44. The molecule has 2 aromatic carbocycles. The van der Waals surface area contributed by atoms with Gasteiger partial charge in [-0.1, -0.05) is 17.7 Å². The van der Waals surface area contributed by atoms with Crippen LogP contribution in [0, 0.1) is 6.92 Å². The lowest BCUT2D eigenvalue weighted by Crippen LogP contribution is -2.48. The molecule has 1 heterocycles. The summed E-state index contributed by atoms with van der Waals surface area (Å²) in [5.74, 6) is 1.43. The molecule has 6 nitrogen and oxygen atoms in total. The van der Waals surface area contributed by atoms with E-state index in [4.69, 9.17) is 14.2 Å². The normalized spacial score (nSPS) is 13.6. The van der Waals surface area contributed by atoms with Crippen molar-refractivity contribution in [3.05, 3.63) is 47.5 Å². The van der Waals surface area contributed by atoms with Crippen molar-refractivity contribution in [3.8, 4) is 17.2 Å². The summed E-state index contributed by atoms with van der Waals surface area (Å²) in [5, 5.41) is 0. The minimum atomic E-state index is -0.0298. The Kier molecular flexibility index (Phi) is 7.40. The first kappa shape index (κ1) is 21.7. The zero-order chi connectivity index (χ0) is 19.4. The Hall–Kier alpha value is -2.60. The van der Waals surface area contributed by atoms with Gasteiger partial charge in [0.05, 0.1) is 21.3 Å². The summed E-state index contributed by atoms with van der Waals surface area (Å²) < 4.78 is 16.0. The number of nitrogens with zero attached hydrogens (tertiary/aromatic N) is 2. The number of methoxy groups -OCH3 is 3. The van der Waals surface area contributed by atoms with Crippen molar-refractivity contribution in [1.82, 2.24) is 4.90 Å². The quantitative estimate of drug-likeness (QED) is 0.761. The van der Waals surface area contributed by atoms with Crippen LogP contribution < -0.4 is 19.1 Å². The number of anilines is 1. The lowest BCUT2D eigenvalue weighted by atomic mass is 10.1. The zero-order valence-electron chi connectivity index (χ0n) is 16.7.